The SMILES string of the molecule is Nc1cccc(C(=O)/C2=C3\CC3CCCCCCC2)c1. The number of anilines is 1. The topological polar surface area (TPSA) is 43.1 Å². The highest BCUT2D eigenvalue weighted by atomic mass is 16.1. The third-order valence-electron chi connectivity index (χ3n) is 4.59. The van der Waals surface area contributed by atoms with E-state index in [2.05, 4.69) is 0 Å². The van der Waals surface area contributed by atoms with Crippen LogP contribution in [0.3, 0.4) is 0 Å². The third-order valence-corrected chi connectivity index (χ3v) is 4.59. The quantitative estimate of drug-likeness (QED) is 0.634. The highest BCUT2D eigenvalue weighted by molar-refractivity contribution is 6.10. The molecule has 2 heteroatoms. The second-order valence-corrected chi connectivity index (χ2v) is 6.17. The Balaban J connectivity index is 1.84. The second kappa shape index (κ2) is 5.82. The van der Waals surface area contributed by atoms with E-state index in [4.69, 9.17) is 5.73 Å². The first-order valence-electron chi connectivity index (χ1n) is 7.88. The van der Waals surface area contributed by atoms with Crippen LogP contribution in [0.15, 0.2) is 35.4 Å². The Labute approximate surface area is 121 Å². The maximum absolute atomic E-state index is 12.7. The second-order valence-electron chi connectivity index (χ2n) is 6.17. The van der Waals surface area contributed by atoms with E-state index in [9.17, 15) is 4.79 Å². The Hall–Kier alpha value is -1.57. The molecule has 2 aliphatic rings. The molecule has 0 aliphatic heterocycles. The van der Waals surface area contributed by atoms with Gasteiger partial charge in [0.05, 0.1) is 0 Å². The molecule has 0 saturated heterocycles. The van der Waals surface area contributed by atoms with Crippen LogP contribution < -0.4 is 5.73 Å². The third kappa shape index (κ3) is 2.95. The van der Waals surface area contributed by atoms with Crippen molar-refractivity contribution >= 4 is 11.5 Å². The summed E-state index contributed by atoms with van der Waals surface area (Å²) >= 11 is 0. The number of rotatable bonds is 2. The molecule has 106 valence electrons. The molecule has 0 bridgehead atoms. The number of Topliss-reactive ketones (excluding diaryl/α,β-unsaturated/α-hetero) is 1. The zero-order valence-electron chi connectivity index (χ0n) is 12.0. The molecular weight excluding hydrogens is 246 g/mol. The predicted molar refractivity (Wildman–Crippen MR) is 82.6 cm³/mol. The molecule has 1 fully saturated rings. The Morgan fingerprint density at radius 2 is 1.90 bits per heavy atom. The number of hydrogen-bond donors (Lipinski definition) is 1. The summed E-state index contributed by atoms with van der Waals surface area (Å²) in [5.74, 6) is 0.920. The van der Waals surface area contributed by atoms with Gasteiger partial charge in [-0.15, -0.1) is 0 Å². The number of benzene rings is 1. The molecule has 0 amide bonds. The normalized spacial score (nSPS) is 26.7. The molecule has 3 rings (SSSR count). The van der Waals surface area contributed by atoms with E-state index in [1.54, 1.807) is 0 Å². The molecule has 2 nitrogen and oxygen atoms in total. The van der Waals surface area contributed by atoms with Gasteiger partial charge in [0.2, 0.25) is 0 Å². The zero-order valence-corrected chi connectivity index (χ0v) is 12.0. The lowest BCUT2D eigenvalue weighted by molar-refractivity contribution is 0.102. The van der Waals surface area contributed by atoms with Gasteiger partial charge < -0.3 is 5.73 Å². The fraction of sp³-hybridized carbons (Fsp3) is 0.500. The van der Waals surface area contributed by atoms with Crippen LogP contribution in [0.1, 0.15) is 61.7 Å². The molecule has 0 aromatic heterocycles. The van der Waals surface area contributed by atoms with Crippen LogP contribution in [0.25, 0.3) is 0 Å². The minimum Gasteiger partial charge on any atom is -0.399 e. The van der Waals surface area contributed by atoms with Gasteiger partial charge in [0.15, 0.2) is 5.78 Å². The molecule has 1 aromatic carbocycles. The van der Waals surface area contributed by atoms with Crippen molar-refractivity contribution < 1.29 is 4.79 Å². The summed E-state index contributed by atoms with van der Waals surface area (Å²) in [6.07, 6.45) is 9.81. The number of allylic oxidation sites excluding steroid dienone is 2. The zero-order chi connectivity index (χ0) is 13.9. The molecule has 1 atom stereocenters. The minimum atomic E-state index is 0.218. The molecule has 0 radical (unpaired) electrons. The molecular formula is C18H23NO. The number of nitrogens with two attached hydrogens (primary N) is 1. The number of hydrogen-bond acceptors (Lipinski definition) is 2. The van der Waals surface area contributed by atoms with Crippen molar-refractivity contribution in [2.75, 3.05) is 5.73 Å². The monoisotopic (exact) mass is 269 g/mol. The van der Waals surface area contributed by atoms with Crippen molar-refractivity contribution in [2.45, 2.75) is 51.4 Å². The van der Waals surface area contributed by atoms with Crippen molar-refractivity contribution in [2.24, 2.45) is 5.92 Å². The van der Waals surface area contributed by atoms with E-state index >= 15 is 0 Å². The van der Waals surface area contributed by atoms with Gasteiger partial charge in [0, 0.05) is 11.3 Å². The first-order chi connectivity index (χ1) is 9.75. The largest absolute Gasteiger partial charge is 0.399 e. The van der Waals surface area contributed by atoms with Gasteiger partial charge in [0.1, 0.15) is 0 Å². The maximum Gasteiger partial charge on any atom is 0.189 e. The van der Waals surface area contributed by atoms with Crippen molar-refractivity contribution in [3.8, 4) is 0 Å². The van der Waals surface area contributed by atoms with E-state index < -0.39 is 0 Å². The summed E-state index contributed by atoms with van der Waals surface area (Å²) in [5.41, 5.74) is 9.78. The molecule has 2 aliphatic carbocycles. The predicted octanol–water partition coefficient (Wildman–Crippen LogP) is 4.51. The number of carbonyl (C=O) groups is 1. The number of ketones is 1. The molecule has 1 unspecified atom stereocenters. The summed E-state index contributed by atoms with van der Waals surface area (Å²) in [4.78, 5) is 12.7. The van der Waals surface area contributed by atoms with Gasteiger partial charge >= 0.3 is 0 Å². The summed E-state index contributed by atoms with van der Waals surface area (Å²) in [6.45, 7) is 0. The van der Waals surface area contributed by atoms with Crippen LogP contribution in [0.5, 0.6) is 0 Å². The minimum absolute atomic E-state index is 0.218. The van der Waals surface area contributed by atoms with E-state index in [0.717, 1.165) is 30.4 Å². The summed E-state index contributed by atoms with van der Waals surface area (Å²) in [7, 11) is 0. The van der Waals surface area contributed by atoms with Gasteiger partial charge in [-0.1, -0.05) is 43.4 Å². The molecule has 1 saturated carbocycles. The van der Waals surface area contributed by atoms with Gasteiger partial charge in [-0.25, -0.2) is 0 Å². The number of carbonyl (C=O) groups excluding carboxylic acids is 1. The standard InChI is InChI=1S/C18H23NO/c19-15-9-6-8-14(11-15)18(20)16-10-5-3-1-2-4-7-13-12-17(13)16/h6,8-9,11,13H,1-5,7,10,12,19H2/b17-16+. The van der Waals surface area contributed by atoms with Crippen LogP contribution in [0, 0.1) is 5.92 Å². The first kappa shape index (κ1) is 13.4. The van der Waals surface area contributed by atoms with E-state index in [-0.39, 0.29) is 5.78 Å². The van der Waals surface area contributed by atoms with Gasteiger partial charge in [-0.05, 0) is 49.3 Å². The summed E-state index contributed by atoms with van der Waals surface area (Å²) in [6, 6.07) is 7.41. The number of fused-ring (bicyclic) bond motifs is 1. The smallest absolute Gasteiger partial charge is 0.189 e. The number of nitrogen functional groups attached to an aromatic ring is 1. The average molecular weight is 269 g/mol. The lowest BCUT2D eigenvalue weighted by Crippen LogP contribution is -2.05. The maximum atomic E-state index is 12.7. The van der Waals surface area contributed by atoms with E-state index in [1.165, 1.54) is 37.7 Å². The summed E-state index contributed by atoms with van der Waals surface area (Å²) < 4.78 is 0. The van der Waals surface area contributed by atoms with E-state index in [1.807, 2.05) is 24.3 Å². The molecule has 0 spiro atoms. The molecule has 0 heterocycles. The van der Waals surface area contributed by atoms with E-state index in [0.29, 0.717) is 11.6 Å². The lowest BCUT2D eigenvalue weighted by atomic mass is 9.94. The van der Waals surface area contributed by atoms with Crippen molar-refractivity contribution in [1.82, 2.24) is 0 Å². The van der Waals surface area contributed by atoms with Crippen LogP contribution in [0.2, 0.25) is 0 Å². The van der Waals surface area contributed by atoms with Crippen LogP contribution in [-0.2, 0) is 0 Å². The van der Waals surface area contributed by atoms with Gasteiger partial charge in [-0.3, -0.25) is 4.79 Å². The van der Waals surface area contributed by atoms with Crippen LogP contribution in [-0.4, -0.2) is 5.78 Å². The van der Waals surface area contributed by atoms with Crippen LogP contribution >= 0.6 is 0 Å². The van der Waals surface area contributed by atoms with Crippen molar-refractivity contribution in [1.29, 1.82) is 0 Å². The van der Waals surface area contributed by atoms with Gasteiger partial charge in [-0.2, -0.15) is 0 Å². The fourth-order valence-corrected chi connectivity index (χ4v) is 3.35. The molecule has 2 N–H and O–H groups in total. The highest BCUT2D eigenvalue weighted by Crippen LogP contribution is 2.46. The fourth-order valence-electron chi connectivity index (χ4n) is 3.35. The first-order valence-corrected chi connectivity index (χ1v) is 7.88. The molecule has 20 heavy (non-hydrogen) atoms. The Morgan fingerprint density at radius 3 is 2.75 bits per heavy atom. The Bertz CT molecular complexity index is 544. The highest BCUT2D eigenvalue weighted by Gasteiger charge is 2.34. The Kier molecular flexibility index (Phi) is 3.90. The Morgan fingerprint density at radius 1 is 1.10 bits per heavy atom. The van der Waals surface area contributed by atoms with Gasteiger partial charge in [0.25, 0.3) is 0 Å². The van der Waals surface area contributed by atoms with Crippen molar-refractivity contribution in [3.63, 3.8) is 0 Å². The lowest BCUT2D eigenvalue weighted by Gasteiger charge is -2.10. The summed E-state index contributed by atoms with van der Waals surface area (Å²) in [5, 5.41) is 0. The molecule has 1 aromatic rings. The average Bonchev–Trinajstić information content (AvgIpc) is 3.21. The van der Waals surface area contributed by atoms with Crippen LogP contribution in [0.4, 0.5) is 5.69 Å². The van der Waals surface area contributed by atoms with Crippen molar-refractivity contribution in [3.05, 3.63) is 41.0 Å².